The number of hydrogen-bond donors (Lipinski definition) is 0. The first-order valence-corrected chi connectivity index (χ1v) is 28.4. The lowest BCUT2D eigenvalue weighted by molar-refractivity contribution is -0.167. The van der Waals surface area contributed by atoms with Gasteiger partial charge >= 0.3 is 17.9 Å². The lowest BCUT2D eigenvalue weighted by atomic mass is 10.1. The Hall–Kier alpha value is -3.93. The average molecular weight is 958 g/mol. The van der Waals surface area contributed by atoms with Crippen LogP contribution in [-0.4, -0.2) is 37.2 Å². The van der Waals surface area contributed by atoms with Crippen molar-refractivity contribution in [3.8, 4) is 0 Å². The van der Waals surface area contributed by atoms with Gasteiger partial charge in [-0.05, 0) is 122 Å². The maximum absolute atomic E-state index is 12.8. The summed E-state index contributed by atoms with van der Waals surface area (Å²) in [5.41, 5.74) is 0. The summed E-state index contributed by atoms with van der Waals surface area (Å²) in [5, 5.41) is 0. The first kappa shape index (κ1) is 65.1. The van der Waals surface area contributed by atoms with Crippen LogP contribution in [0.3, 0.4) is 0 Å². The van der Waals surface area contributed by atoms with Crippen molar-refractivity contribution in [3.63, 3.8) is 0 Å². The van der Waals surface area contributed by atoms with Gasteiger partial charge in [-0.2, -0.15) is 0 Å². The molecular formula is C63H104O6. The molecule has 1 atom stereocenters. The van der Waals surface area contributed by atoms with Crippen molar-refractivity contribution in [1.29, 1.82) is 0 Å². The SMILES string of the molecule is CC/C=C\C/C=C\C/C=C\C/C=C\C/C=C\CCCC(=O)OC[C@H](COC(=O)CCCCCCCCCCC/C=C\CCCCCCCC)OC(=O)CCCC/C=C\C/C=C\C/C=C\CCCCC. The molecule has 0 bridgehead atoms. The van der Waals surface area contributed by atoms with Gasteiger partial charge in [-0.1, -0.05) is 220 Å². The Morgan fingerprint density at radius 1 is 0.304 bits per heavy atom. The van der Waals surface area contributed by atoms with E-state index in [4.69, 9.17) is 14.2 Å². The predicted octanol–water partition coefficient (Wildman–Crippen LogP) is 19.1. The van der Waals surface area contributed by atoms with Crippen LogP contribution in [0, 0.1) is 0 Å². The Morgan fingerprint density at radius 3 is 1.01 bits per heavy atom. The Balaban J connectivity index is 4.51. The molecule has 69 heavy (non-hydrogen) atoms. The molecule has 0 radical (unpaired) electrons. The van der Waals surface area contributed by atoms with E-state index in [-0.39, 0.29) is 44.0 Å². The average Bonchev–Trinajstić information content (AvgIpc) is 3.35. The largest absolute Gasteiger partial charge is 0.462 e. The maximum Gasteiger partial charge on any atom is 0.306 e. The highest BCUT2D eigenvalue weighted by atomic mass is 16.6. The van der Waals surface area contributed by atoms with Crippen molar-refractivity contribution in [2.45, 2.75) is 258 Å². The third-order valence-corrected chi connectivity index (χ3v) is 11.7. The number of hydrogen-bond acceptors (Lipinski definition) is 6. The van der Waals surface area contributed by atoms with Crippen LogP contribution in [0.25, 0.3) is 0 Å². The number of esters is 3. The summed E-state index contributed by atoms with van der Waals surface area (Å²) >= 11 is 0. The molecule has 0 aromatic heterocycles. The van der Waals surface area contributed by atoms with Gasteiger partial charge in [0, 0.05) is 19.3 Å². The van der Waals surface area contributed by atoms with Gasteiger partial charge in [0.25, 0.3) is 0 Å². The van der Waals surface area contributed by atoms with E-state index in [1.54, 1.807) is 0 Å². The van der Waals surface area contributed by atoms with Crippen LogP contribution in [0.2, 0.25) is 0 Å². The van der Waals surface area contributed by atoms with Gasteiger partial charge in [-0.3, -0.25) is 14.4 Å². The van der Waals surface area contributed by atoms with E-state index >= 15 is 0 Å². The normalized spacial score (nSPS) is 12.9. The first-order valence-electron chi connectivity index (χ1n) is 28.4. The minimum Gasteiger partial charge on any atom is -0.462 e. The van der Waals surface area contributed by atoms with Gasteiger partial charge in [0.15, 0.2) is 6.10 Å². The molecule has 0 spiro atoms. The standard InChI is InChI=1S/C63H104O6/c1-4-7-10-13-16-19-22-25-28-30-31-33-36-38-41-44-47-50-53-56-62(65)68-59-60(69-63(66)57-54-51-48-45-42-39-34-27-24-21-18-15-12-9-6-3)58-67-61(64)55-52-49-46-43-40-37-35-32-29-26-23-20-17-14-11-8-5-2/h8,11,17-18,20-21,25-29,34-35,37,42-43,45-46,60H,4-7,9-10,12-16,19,22-24,30-33,36,38-41,44,47-59H2,1-3H3/b11-8-,20-17-,21-18-,28-25-,29-26-,34-27-,37-35-,45-42-,46-43-/t60-/m1/s1. The number of carbonyl (C=O) groups excluding carboxylic acids is 3. The predicted molar refractivity (Wildman–Crippen MR) is 297 cm³/mol. The summed E-state index contributed by atoms with van der Waals surface area (Å²) in [5.74, 6) is -1.02. The zero-order valence-electron chi connectivity index (χ0n) is 44.8. The van der Waals surface area contributed by atoms with E-state index in [1.165, 1.54) is 116 Å². The zero-order valence-corrected chi connectivity index (χ0v) is 44.8. The maximum atomic E-state index is 12.8. The van der Waals surface area contributed by atoms with E-state index in [0.29, 0.717) is 19.3 Å². The number of allylic oxidation sites excluding steroid dienone is 18. The summed E-state index contributed by atoms with van der Waals surface area (Å²) in [4.78, 5) is 38.1. The second kappa shape index (κ2) is 56.7. The highest BCUT2D eigenvalue weighted by molar-refractivity contribution is 5.71. The fraction of sp³-hybridized carbons (Fsp3) is 0.667. The van der Waals surface area contributed by atoms with E-state index in [1.807, 2.05) is 0 Å². The molecule has 0 aromatic rings. The van der Waals surface area contributed by atoms with Crippen LogP contribution >= 0.6 is 0 Å². The van der Waals surface area contributed by atoms with Crippen LogP contribution in [0.5, 0.6) is 0 Å². The van der Waals surface area contributed by atoms with Gasteiger partial charge in [-0.15, -0.1) is 0 Å². The van der Waals surface area contributed by atoms with Gasteiger partial charge in [0.05, 0.1) is 0 Å². The summed E-state index contributed by atoms with van der Waals surface area (Å²) in [6, 6.07) is 0. The van der Waals surface area contributed by atoms with Crippen LogP contribution in [0.4, 0.5) is 0 Å². The molecule has 0 aliphatic rings. The fourth-order valence-electron chi connectivity index (χ4n) is 7.48. The van der Waals surface area contributed by atoms with E-state index in [9.17, 15) is 14.4 Å². The van der Waals surface area contributed by atoms with Crippen molar-refractivity contribution >= 4 is 17.9 Å². The van der Waals surface area contributed by atoms with Gasteiger partial charge in [0.1, 0.15) is 13.2 Å². The number of ether oxygens (including phenoxy) is 3. The minimum absolute atomic E-state index is 0.113. The Bertz CT molecular complexity index is 1420. The molecule has 0 aliphatic carbocycles. The third-order valence-electron chi connectivity index (χ3n) is 11.7. The Morgan fingerprint density at radius 2 is 0.580 bits per heavy atom. The molecule has 0 aromatic carbocycles. The summed E-state index contributed by atoms with van der Waals surface area (Å²) in [6.07, 6.45) is 76.6. The number of rotatable bonds is 50. The fourth-order valence-corrected chi connectivity index (χ4v) is 7.48. The second-order valence-corrected chi connectivity index (χ2v) is 18.5. The molecule has 0 rings (SSSR count). The van der Waals surface area contributed by atoms with Crippen molar-refractivity contribution in [2.75, 3.05) is 13.2 Å². The molecular weight excluding hydrogens is 853 g/mol. The van der Waals surface area contributed by atoms with E-state index in [0.717, 1.165) is 83.5 Å². The summed E-state index contributed by atoms with van der Waals surface area (Å²) < 4.78 is 16.8. The van der Waals surface area contributed by atoms with Crippen LogP contribution in [0.1, 0.15) is 252 Å². The highest BCUT2D eigenvalue weighted by Gasteiger charge is 2.19. The van der Waals surface area contributed by atoms with Crippen LogP contribution in [-0.2, 0) is 28.6 Å². The molecule has 0 N–H and O–H groups in total. The van der Waals surface area contributed by atoms with Gasteiger partial charge in [-0.25, -0.2) is 0 Å². The van der Waals surface area contributed by atoms with Crippen LogP contribution < -0.4 is 0 Å². The summed E-state index contributed by atoms with van der Waals surface area (Å²) in [7, 11) is 0. The number of carbonyl (C=O) groups is 3. The molecule has 0 saturated carbocycles. The monoisotopic (exact) mass is 957 g/mol. The molecule has 0 aliphatic heterocycles. The molecule has 0 amide bonds. The zero-order chi connectivity index (χ0) is 50.0. The number of unbranched alkanes of at least 4 members (excludes halogenated alkanes) is 21. The molecule has 6 heteroatoms. The van der Waals surface area contributed by atoms with Crippen molar-refractivity contribution < 1.29 is 28.6 Å². The van der Waals surface area contributed by atoms with Gasteiger partial charge < -0.3 is 14.2 Å². The van der Waals surface area contributed by atoms with Crippen molar-refractivity contribution in [1.82, 2.24) is 0 Å². The second-order valence-electron chi connectivity index (χ2n) is 18.5. The molecule has 0 unspecified atom stereocenters. The molecule has 0 heterocycles. The van der Waals surface area contributed by atoms with Gasteiger partial charge in [0.2, 0.25) is 0 Å². The van der Waals surface area contributed by atoms with Crippen LogP contribution in [0.15, 0.2) is 109 Å². The smallest absolute Gasteiger partial charge is 0.306 e. The van der Waals surface area contributed by atoms with Crippen molar-refractivity contribution in [2.24, 2.45) is 0 Å². The highest BCUT2D eigenvalue weighted by Crippen LogP contribution is 2.14. The molecule has 0 saturated heterocycles. The quantitative estimate of drug-likeness (QED) is 0.0262. The Kier molecular flexibility index (Phi) is 53.4. The van der Waals surface area contributed by atoms with Crippen molar-refractivity contribution in [3.05, 3.63) is 109 Å². The first-order chi connectivity index (χ1) is 34.0. The molecule has 0 fully saturated rings. The summed E-state index contributed by atoms with van der Waals surface area (Å²) in [6.45, 7) is 6.41. The third kappa shape index (κ3) is 54.9. The van der Waals surface area contributed by atoms with E-state index < -0.39 is 6.10 Å². The lowest BCUT2D eigenvalue weighted by Crippen LogP contribution is -2.30. The molecule has 6 nitrogen and oxygen atoms in total. The Labute approximate surface area is 425 Å². The topological polar surface area (TPSA) is 78.9 Å². The molecule has 392 valence electrons. The minimum atomic E-state index is -0.824. The van der Waals surface area contributed by atoms with E-state index in [2.05, 4.69) is 130 Å². The lowest BCUT2D eigenvalue weighted by Gasteiger charge is -2.18.